The third-order valence-corrected chi connectivity index (χ3v) is 6.66. The first-order chi connectivity index (χ1) is 11.7. The SMILES string of the molecule is C[N+]12C=CC=C1C(N1CCCC1)c1scc(-c3ccc(F)cc3)c12. The fourth-order valence-corrected chi connectivity index (χ4v) is 5.77. The number of fused-ring (bicyclic) bond motifs is 3. The van der Waals surface area contributed by atoms with Crippen LogP contribution in [0.25, 0.3) is 11.1 Å². The molecule has 0 N–H and O–H groups in total. The zero-order chi connectivity index (χ0) is 16.3. The first-order valence-electron chi connectivity index (χ1n) is 8.56. The molecule has 2 atom stereocenters. The number of likely N-dealkylation sites (N-methyl/N-ethyl adjacent to an activating group) is 1. The number of quaternary nitrogens is 1. The topological polar surface area (TPSA) is 3.24 Å². The maximum absolute atomic E-state index is 13.3. The Hall–Kier alpha value is -1.75. The van der Waals surface area contributed by atoms with Gasteiger partial charge in [-0.3, -0.25) is 4.90 Å². The van der Waals surface area contributed by atoms with Gasteiger partial charge in [-0.15, -0.1) is 11.3 Å². The van der Waals surface area contributed by atoms with Gasteiger partial charge in [0.25, 0.3) is 0 Å². The summed E-state index contributed by atoms with van der Waals surface area (Å²) in [6, 6.07) is 7.32. The van der Waals surface area contributed by atoms with Crippen LogP contribution < -0.4 is 4.48 Å². The molecule has 2 aromatic rings. The Labute approximate surface area is 145 Å². The van der Waals surface area contributed by atoms with Gasteiger partial charge in [-0.05, 0) is 49.7 Å². The maximum Gasteiger partial charge on any atom is 0.166 e. The van der Waals surface area contributed by atoms with Gasteiger partial charge in [0.15, 0.2) is 5.69 Å². The number of allylic oxidation sites excluding steroid dienone is 2. The molecule has 122 valence electrons. The highest BCUT2D eigenvalue weighted by Gasteiger charge is 2.52. The second-order valence-electron chi connectivity index (χ2n) is 7.02. The molecule has 3 aliphatic rings. The van der Waals surface area contributed by atoms with E-state index in [0.717, 1.165) is 10.0 Å². The van der Waals surface area contributed by atoms with Gasteiger partial charge in [0.05, 0.1) is 17.5 Å². The first-order valence-corrected chi connectivity index (χ1v) is 9.44. The lowest BCUT2D eigenvalue weighted by atomic mass is 10.1. The molecule has 0 bridgehead atoms. The second-order valence-corrected chi connectivity index (χ2v) is 7.93. The lowest BCUT2D eigenvalue weighted by Crippen LogP contribution is -2.37. The van der Waals surface area contributed by atoms with E-state index < -0.39 is 0 Å². The molecule has 0 saturated carbocycles. The van der Waals surface area contributed by atoms with Crippen molar-refractivity contribution in [3.8, 4) is 11.1 Å². The number of nitrogens with zero attached hydrogens (tertiary/aromatic N) is 2. The van der Waals surface area contributed by atoms with Gasteiger partial charge < -0.3 is 0 Å². The average molecular weight is 339 g/mol. The van der Waals surface area contributed by atoms with E-state index in [1.54, 1.807) is 12.1 Å². The number of rotatable bonds is 2. The molecule has 1 aromatic heterocycles. The summed E-state index contributed by atoms with van der Waals surface area (Å²) in [6.45, 7) is 2.37. The second kappa shape index (κ2) is 5.12. The van der Waals surface area contributed by atoms with Crippen molar-refractivity contribution in [1.82, 2.24) is 9.38 Å². The highest BCUT2D eigenvalue weighted by atomic mass is 32.1. The van der Waals surface area contributed by atoms with E-state index in [-0.39, 0.29) is 5.82 Å². The van der Waals surface area contributed by atoms with Crippen LogP contribution in [0.3, 0.4) is 0 Å². The molecule has 1 saturated heterocycles. The molecule has 1 aromatic carbocycles. The number of halogens is 1. The molecule has 0 spiro atoms. The van der Waals surface area contributed by atoms with Crippen molar-refractivity contribution in [1.29, 1.82) is 0 Å². The predicted octanol–water partition coefficient (Wildman–Crippen LogP) is 5.05. The van der Waals surface area contributed by atoms with E-state index >= 15 is 0 Å². The minimum absolute atomic E-state index is 0.178. The Balaban J connectivity index is 1.68. The van der Waals surface area contributed by atoms with Crippen LogP contribution in [0.5, 0.6) is 0 Å². The molecular formula is C20H20FN2S+. The summed E-state index contributed by atoms with van der Waals surface area (Å²) < 4.78 is 14.1. The lowest BCUT2D eigenvalue weighted by molar-refractivity contribution is 0.270. The monoisotopic (exact) mass is 339 g/mol. The Kier molecular flexibility index (Phi) is 3.11. The number of likely N-dealkylation sites (tertiary alicyclic amines) is 1. The zero-order valence-corrected chi connectivity index (χ0v) is 14.5. The summed E-state index contributed by atoms with van der Waals surface area (Å²) >= 11 is 1.86. The number of hydrogen-bond acceptors (Lipinski definition) is 2. The van der Waals surface area contributed by atoms with Crippen molar-refractivity contribution in [2.45, 2.75) is 18.9 Å². The van der Waals surface area contributed by atoms with E-state index in [1.165, 1.54) is 47.8 Å². The van der Waals surface area contributed by atoms with Crippen LogP contribution in [0.4, 0.5) is 10.1 Å². The van der Waals surface area contributed by atoms with Crippen molar-refractivity contribution in [3.05, 3.63) is 64.4 Å². The third kappa shape index (κ3) is 1.88. The van der Waals surface area contributed by atoms with Crippen LogP contribution in [-0.2, 0) is 0 Å². The van der Waals surface area contributed by atoms with Crippen molar-refractivity contribution in [3.63, 3.8) is 0 Å². The average Bonchev–Trinajstić information content (AvgIpc) is 3.31. The third-order valence-electron chi connectivity index (χ3n) is 5.63. The van der Waals surface area contributed by atoms with Crippen molar-refractivity contribution in [2.24, 2.45) is 0 Å². The smallest absolute Gasteiger partial charge is 0.166 e. The zero-order valence-electron chi connectivity index (χ0n) is 13.7. The van der Waals surface area contributed by atoms with Crippen LogP contribution >= 0.6 is 11.3 Å². The van der Waals surface area contributed by atoms with E-state index in [9.17, 15) is 4.39 Å². The summed E-state index contributed by atoms with van der Waals surface area (Å²) in [5.74, 6) is -0.178. The molecule has 0 aliphatic carbocycles. The molecule has 0 radical (unpaired) electrons. The van der Waals surface area contributed by atoms with Crippen molar-refractivity contribution < 1.29 is 4.39 Å². The van der Waals surface area contributed by atoms with Gasteiger partial charge >= 0.3 is 0 Å². The Bertz CT molecular complexity index is 858. The Morgan fingerprint density at radius 1 is 1.17 bits per heavy atom. The number of hydrogen-bond donors (Lipinski definition) is 0. The minimum atomic E-state index is -0.178. The largest absolute Gasteiger partial charge is 0.287 e. The van der Waals surface area contributed by atoms with Crippen molar-refractivity contribution in [2.75, 3.05) is 20.1 Å². The maximum atomic E-state index is 13.3. The molecule has 5 rings (SSSR count). The highest BCUT2D eigenvalue weighted by molar-refractivity contribution is 7.11. The standard InChI is InChI=1S/C20H20FN2S/c1-23-12-4-5-17(23)18(22-10-2-3-11-22)20-19(23)16(13-24-20)14-6-8-15(21)9-7-14/h4-9,12-13,18H,2-3,10-11H2,1H3/q+1. The number of benzene rings is 1. The van der Waals surface area contributed by atoms with Crippen LogP contribution in [0.2, 0.25) is 0 Å². The van der Waals surface area contributed by atoms with Gasteiger partial charge in [-0.1, -0.05) is 12.1 Å². The molecule has 3 aliphatic heterocycles. The molecule has 4 heterocycles. The fraction of sp³-hybridized carbons (Fsp3) is 0.300. The molecule has 1 fully saturated rings. The van der Waals surface area contributed by atoms with Gasteiger partial charge in [-0.2, -0.15) is 0 Å². The van der Waals surface area contributed by atoms with Crippen LogP contribution in [0, 0.1) is 5.82 Å². The molecule has 2 nitrogen and oxygen atoms in total. The molecule has 0 amide bonds. The van der Waals surface area contributed by atoms with E-state index in [1.807, 2.05) is 23.5 Å². The van der Waals surface area contributed by atoms with Gasteiger partial charge in [-0.25, -0.2) is 8.87 Å². The Morgan fingerprint density at radius 3 is 2.67 bits per heavy atom. The quantitative estimate of drug-likeness (QED) is 0.692. The van der Waals surface area contributed by atoms with Gasteiger partial charge in [0.1, 0.15) is 23.8 Å². The minimum Gasteiger partial charge on any atom is -0.287 e. The van der Waals surface area contributed by atoms with Crippen LogP contribution in [0.1, 0.15) is 23.8 Å². The molecule has 24 heavy (non-hydrogen) atoms. The van der Waals surface area contributed by atoms with Crippen LogP contribution in [0.15, 0.2) is 53.7 Å². The lowest BCUT2D eigenvalue weighted by Gasteiger charge is -2.28. The predicted molar refractivity (Wildman–Crippen MR) is 98.2 cm³/mol. The molecule has 2 unspecified atom stereocenters. The summed E-state index contributed by atoms with van der Waals surface area (Å²) in [7, 11) is 2.28. The molecular weight excluding hydrogens is 319 g/mol. The van der Waals surface area contributed by atoms with Gasteiger partial charge in [0, 0.05) is 11.5 Å². The van der Waals surface area contributed by atoms with E-state index in [0.29, 0.717) is 6.04 Å². The highest BCUT2D eigenvalue weighted by Crippen LogP contribution is 2.58. The Morgan fingerprint density at radius 2 is 1.92 bits per heavy atom. The fourth-order valence-electron chi connectivity index (χ4n) is 4.46. The summed E-state index contributed by atoms with van der Waals surface area (Å²) in [6.07, 6.45) is 9.36. The summed E-state index contributed by atoms with van der Waals surface area (Å²) in [5, 5.41) is 2.26. The van der Waals surface area contributed by atoms with E-state index in [2.05, 4.69) is 35.7 Å². The molecule has 4 heteroatoms. The van der Waals surface area contributed by atoms with E-state index in [4.69, 9.17) is 0 Å². The normalized spacial score (nSPS) is 28.2. The first kappa shape index (κ1) is 14.6. The van der Waals surface area contributed by atoms with Crippen molar-refractivity contribution >= 4 is 17.0 Å². The summed E-state index contributed by atoms with van der Waals surface area (Å²) in [4.78, 5) is 4.10. The van der Waals surface area contributed by atoms with Gasteiger partial charge in [0.2, 0.25) is 0 Å². The summed E-state index contributed by atoms with van der Waals surface area (Å²) in [5.41, 5.74) is 5.19. The number of thiophene rings is 1. The van der Waals surface area contributed by atoms with Crippen LogP contribution in [-0.4, -0.2) is 25.0 Å².